The maximum Gasteiger partial charge on any atom is 0.339 e. The minimum absolute atomic E-state index is 0.180. The lowest BCUT2D eigenvalue weighted by Gasteiger charge is -2.18. The highest BCUT2D eigenvalue weighted by Crippen LogP contribution is 2.25. The van der Waals surface area contributed by atoms with Crippen molar-refractivity contribution < 1.29 is 14.3 Å². The maximum absolute atomic E-state index is 12.7. The molecule has 1 N–H and O–H groups in total. The fourth-order valence-electron chi connectivity index (χ4n) is 2.81. The molecule has 1 amide bonds. The zero-order chi connectivity index (χ0) is 18.8. The number of hydrogen-bond donors (Lipinski definition) is 1. The third kappa shape index (κ3) is 4.09. The highest BCUT2D eigenvalue weighted by molar-refractivity contribution is 6.29. The summed E-state index contributed by atoms with van der Waals surface area (Å²) in [6.07, 6.45) is 0.932. The minimum Gasteiger partial charge on any atom is -0.444 e. The quantitative estimate of drug-likeness (QED) is 0.535. The smallest absolute Gasteiger partial charge is 0.339 e. The summed E-state index contributed by atoms with van der Waals surface area (Å²) < 4.78 is 5.59. The summed E-state index contributed by atoms with van der Waals surface area (Å²) in [6.45, 7) is 0. The van der Waals surface area contributed by atoms with E-state index in [4.69, 9.17) is 16.3 Å². The molecule has 0 aliphatic heterocycles. The number of aromatic nitrogens is 1. The van der Waals surface area contributed by atoms with Crippen molar-refractivity contribution in [1.82, 2.24) is 10.3 Å². The van der Waals surface area contributed by atoms with E-state index >= 15 is 0 Å². The fourth-order valence-corrected chi connectivity index (χ4v) is 2.96. The number of ether oxygens (including phenoxy) is 1. The Morgan fingerprint density at radius 1 is 1.07 bits per heavy atom. The second-order valence-electron chi connectivity index (χ2n) is 6.52. The Bertz CT molecular complexity index is 1000. The summed E-state index contributed by atoms with van der Waals surface area (Å²) in [5, 5.41) is 4.06. The average molecular weight is 381 g/mol. The van der Waals surface area contributed by atoms with Crippen molar-refractivity contribution in [2.24, 2.45) is 0 Å². The molecular formula is C21H17ClN2O3. The second kappa shape index (κ2) is 7.37. The maximum atomic E-state index is 12.7. The summed E-state index contributed by atoms with van der Waals surface area (Å²) in [7, 11) is 0. The molecule has 5 nitrogen and oxygen atoms in total. The Kier molecular flexibility index (Phi) is 4.77. The van der Waals surface area contributed by atoms with Gasteiger partial charge in [-0.1, -0.05) is 41.9 Å². The van der Waals surface area contributed by atoms with Gasteiger partial charge in [0.2, 0.25) is 6.10 Å². The molecule has 0 bridgehead atoms. The molecule has 0 radical (unpaired) electrons. The van der Waals surface area contributed by atoms with E-state index in [0.29, 0.717) is 21.8 Å². The first kappa shape index (κ1) is 17.5. The van der Waals surface area contributed by atoms with Gasteiger partial charge in [-0.2, -0.15) is 0 Å². The zero-order valence-corrected chi connectivity index (χ0v) is 15.1. The van der Waals surface area contributed by atoms with Crippen molar-refractivity contribution >= 4 is 34.4 Å². The standard InChI is InChI=1S/C21H17ClN2O3/c22-18-11-7-14-12-15(6-10-17(14)24-18)21(26)27-19(13-4-2-1-3-5-13)20(25)23-16-8-9-16/h1-7,10-12,16,19H,8-9H2,(H,23,25). The van der Waals surface area contributed by atoms with Crippen LogP contribution in [0.1, 0.15) is 34.9 Å². The van der Waals surface area contributed by atoms with Crippen LogP contribution >= 0.6 is 11.6 Å². The molecule has 2 aromatic carbocycles. The first-order valence-corrected chi connectivity index (χ1v) is 9.10. The fraction of sp³-hybridized carbons (Fsp3) is 0.190. The Balaban J connectivity index is 1.59. The molecule has 0 saturated heterocycles. The number of nitrogens with zero attached hydrogens (tertiary/aromatic N) is 1. The lowest BCUT2D eigenvalue weighted by molar-refractivity contribution is -0.130. The van der Waals surface area contributed by atoms with Gasteiger partial charge in [-0.05, 0) is 43.2 Å². The number of nitrogens with one attached hydrogen (secondary N) is 1. The molecule has 4 rings (SSSR count). The molecule has 3 aromatic rings. The number of benzene rings is 2. The first-order chi connectivity index (χ1) is 13.1. The van der Waals surface area contributed by atoms with E-state index in [1.807, 2.05) is 18.2 Å². The molecule has 1 aromatic heterocycles. The number of esters is 1. The van der Waals surface area contributed by atoms with E-state index in [1.54, 1.807) is 42.5 Å². The molecule has 1 atom stereocenters. The summed E-state index contributed by atoms with van der Waals surface area (Å²) in [4.78, 5) is 29.5. The topological polar surface area (TPSA) is 68.3 Å². The van der Waals surface area contributed by atoms with Gasteiger partial charge in [0.15, 0.2) is 0 Å². The Labute approximate surface area is 161 Å². The highest BCUT2D eigenvalue weighted by Gasteiger charge is 2.31. The first-order valence-electron chi connectivity index (χ1n) is 8.73. The summed E-state index contributed by atoms with van der Waals surface area (Å²) >= 11 is 5.89. The van der Waals surface area contributed by atoms with Crippen LogP contribution in [0.2, 0.25) is 5.15 Å². The minimum atomic E-state index is -0.988. The average Bonchev–Trinajstić information content (AvgIpc) is 3.50. The lowest BCUT2D eigenvalue weighted by Crippen LogP contribution is -2.33. The van der Waals surface area contributed by atoms with E-state index in [-0.39, 0.29) is 11.9 Å². The van der Waals surface area contributed by atoms with Crippen LogP contribution in [0.5, 0.6) is 0 Å². The highest BCUT2D eigenvalue weighted by atomic mass is 35.5. The monoisotopic (exact) mass is 380 g/mol. The number of rotatable bonds is 5. The molecule has 27 heavy (non-hydrogen) atoms. The van der Waals surface area contributed by atoms with Crippen molar-refractivity contribution in [3.63, 3.8) is 0 Å². The predicted molar refractivity (Wildman–Crippen MR) is 103 cm³/mol. The molecule has 1 unspecified atom stereocenters. The van der Waals surface area contributed by atoms with Gasteiger partial charge in [0.1, 0.15) is 5.15 Å². The Hall–Kier alpha value is -2.92. The predicted octanol–water partition coefficient (Wildman–Crippen LogP) is 4.06. The van der Waals surface area contributed by atoms with Crippen LogP contribution in [0.25, 0.3) is 10.9 Å². The number of carbonyl (C=O) groups is 2. The lowest BCUT2D eigenvalue weighted by atomic mass is 10.1. The van der Waals surface area contributed by atoms with Crippen molar-refractivity contribution in [2.75, 3.05) is 0 Å². The normalized spacial score (nSPS) is 14.6. The van der Waals surface area contributed by atoms with E-state index in [1.165, 1.54) is 0 Å². The number of carbonyl (C=O) groups excluding carboxylic acids is 2. The van der Waals surface area contributed by atoms with Crippen LogP contribution in [-0.2, 0) is 9.53 Å². The Morgan fingerprint density at radius 2 is 1.85 bits per heavy atom. The van der Waals surface area contributed by atoms with E-state index < -0.39 is 12.1 Å². The third-order valence-electron chi connectivity index (χ3n) is 4.38. The molecule has 1 heterocycles. The van der Waals surface area contributed by atoms with Gasteiger partial charge >= 0.3 is 5.97 Å². The van der Waals surface area contributed by atoms with E-state index in [9.17, 15) is 9.59 Å². The zero-order valence-electron chi connectivity index (χ0n) is 14.4. The van der Waals surface area contributed by atoms with Crippen molar-refractivity contribution in [3.05, 3.63) is 76.9 Å². The summed E-state index contributed by atoms with van der Waals surface area (Å²) in [6, 6.07) is 17.7. The molecule has 1 aliphatic carbocycles. The van der Waals surface area contributed by atoms with Crippen LogP contribution in [-0.4, -0.2) is 22.9 Å². The SMILES string of the molecule is O=C(OC(C(=O)NC1CC1)c1ccccc1)c1ccc2nc(Cl)ccc2c1. The number of halogens is 1. The van der Waals surface area contributed by atoms with Crippen molar-refractivity contribution in [3.8, 4) is 0 Å². The number of fused-ring (bicyclic) bond motifs is 1. The van der Waals surface area contributed by atoms with Gasteiger partial charge in [0.05, 0.1) is 11.1 Å². The van der Waals surface area contributed by atoms with Crippen LogP contribution in [0.3, 0.4) is 0 Å². The number of amides is 1. The number of hydrogen-bond acceptors (Lipinski definition) is 4. The van der Waals surface area contributed by atoms with Crippen molar-refractivity contribution in [2.45, 2.75) is 25.0 Å². The molecule has 136 valence electrons. The molecule has 1 saturated carbocycles. The largest absolute Gasteiger partial charge is 0.444 e. The molecule has 0 spiro atoms. The molecule has 1 fully saturated rings. The van der Waals surface area contributed by atoms with Crippen LogP contribution in [0.15, 0.2) is 60.7 Å². The van der Waals surface area contributed by atoms with Gasteiger partial charge in [-0.15, -0.1) is 0 Å². The third-order valence-corrected chi connectivity index (χ3v) is 4.59. The van der Waals surface area contributed by atoms with E-state index in [2.05, 4.69) is 10.3 Å². The van der Waals surface area contributed by atoms with Gasteiger partial charge in [-0.25, -0.2) is 9.78 Å². The van der Waals surface area contributed by atoms with Crippen LogP contribution in [0.4, 0.5) is 0 Å². The van der Waals surface area contributed by atoms with Crippen LogP contribution in [0, 0.1) is 0 Å². The Morgan fingerprint density at radius 3 is 2.59 bits per heavy atom. The summed E-state index contributed by atoms with van der Waals surface area (Å²) in [5.74, 6) is -0.863. The molecule has 6 heteroatoms. The van der Waals surface area contributed by atoms with Crippen molar-refractivity contribution in [1.29, 1.82) is 0 Å². The number of pyridine rings is 1. The van der Waals surface area contributed by atoms with Gasteiger partial charge < -0.3 is 10.1 Å². The van der Waals surface area contributed by atoms with E-state index in [0.717, 1.165) is 18.2 Å². The van der Waals surface area contributed by atoms with Gasteiger partial charge in [0.25, 0.3) is 5.91 Å². The summed E-state index contributed by atoms with van der Waals surface area (Å²) in [5.41, 5.74) is 1.68. The van der Waals surface area contributed by atoms with Gasteiger partial charge in [-0.3, -0.25) is 4.79 Å². The molecule has 1 aliphatic rings. The van der Waals surface area contributed by atoms with Crippen LogP contribution < -0.4 is 5.32 Å². The second-order valence-corrected chi connectivity index (χ2v) is 6.91. The van der Waals surface area contributed by atoms with Gasteiger partial charge in [0, 0.05) is 17.0 Å². The molecular weight excluding hydrogens is 364 g/mol.